The van der Waals surface area contributed by atoms with Gasteiger partial charge in [-0.15, -0.1) is 0 Å². The third-order valence-corrected chi connectivity index (χ3v) is 5.34. The number of carbonyl (C=O) groups is 2. The summed E-state index contributed by atoms with van der Waals surface area (Å²) in [7, 11) is 3.15. The van der Waals surface area contributed by atoms with E-state index in [1.807, 2.05) is 60.4 Å². The third kappa shape index (κ3) is 4.77. The minimum Gasteiger partial charge on any atom is -0.497 e. The van der Waals surface area contributed by atoms with Gasteiger partial charge in [0.25, 0.3) is 0 Å². The predicted molar refractivity (Wildman–Crippen MR) is 112 cm³/mol. The highest BCUT2D eigenvalue weighted by Gasteiger charge is 2.36. The molecular weight excluding hydrogens is 368 g/mol. The van der Waals surface area contributed by atoms with Crippen molar-refractivity contribution in [1.29, 1.82) is 0 Å². The maximum Gasteiger partial charge on any atom is 0.249 e. The summed E-state index contributed by atoms with van der Waals surface area (Å²) in [6.07, 6.45) is 0.489. The van der Waals surface area contributed by atoms with Gasteiger partial charge in [-0.05, 0) is 35.7 Å². The molecule has 3 rings (SSSR count). The number of benzene rings is 2. The van der Waals surface area contributed by atoms with Gasteiger partial charge in [0, 0.05) is 33.2 Å². The summed E-state index contributed by atoms with van der Waals surface area (Å²) in [5.41, 5.74) is 3.16. The second-order valence-corrected chi connectivity index (χ2v) is 7.09. The molecule has 0 bridgehead atoms. The first kappa shape index (κ1) is 20.9. The van der Waals surface area contributed by atoms with Crippen LogP contribution in [0.5, 0.6) is 5.75 Å². The quantitative estimate of drug-likeness (QED) is 0.722. The molecule has 0 spiro atoms. The number of nitrogens with zero attached hydrogens (tertiary/aromatic N) is 2. The monoisotopic (exact) mass is 396 g/mol. The second-order valence-electron chi connectivity index (χ2n) is 7.09. The van der Waals surface area contributed by atoms with Crippen molar-refractivity contribution in [3.63, 3.8) is 0 Å². The van der Waals surface area contributed by atoms with Crippen LogP contribution in [0.4, 0.5) is 0 Å². The van der Waals surface area contributed by atoms with Crippen molar-refractivity contribution in [3.8, 4) is 16.9 Å². The van der Waals surface area contributed by atoms with E-state index in [0.29, 0.717) is 26.1 Å². The number of amides is 2. The van der Waals surface area contributed by atoms with Crippen LogP contribution in [0.25, 0.3) is 11.1 Å². The van der Waals surface area contributed by atoms with Crippen LogP contribution in [0.2, 0.25) is 0 Å². The Morgan fingerprint density at radius 2 is 1.83 bits per heavy atom. The average Bonchev–Trinajstić information content (AvgIpc) is 2.75. The molecule has 0 aromatic heterocycles. The van der Waals surface area contributed by atoms with Gasteiger partial charge in [-0.25, -0.2) is 0 Å². The number of hydrogen-bond donors (Lipinski definition) is 0. The molecule has 0 N–H and O–H groups in total. The number of ether oxygens (including phenoxy) is 2. The normalized spacial score (nSPS) is 16.8. The summed E-state index contributed by atoms with van der Waals surface area (Å²) in [5.74, 6) is 0.668. The molecule has 1 aliphatic rings. The van der Waals surface area contributed by atoms with Crippen LogP contribution in [-0.4, -0.2) is 68.1 Å². The maximum atomic E-state index is 12.9. The summed E-state index contributed by atoms with van der Waals surface area (Å²) >= 11 is 0. The number of methoxy groups -OCH3 is 2. The van der Waals surface area contributed by atoms with E-state index in [2.05, 4.69) is 0 Å². The first-order chi connectivity index (χ1) is 14.1. The number of likely N-dealkylation sites (N-methyl/N-ethyl adjacent to an activating group) is 1. The van der Waals surface area contributed by atoms with Gasteiger partial charge in [-0.1, -0.05) is 36.4 Å². The van der Waals surface area contributed by atoms with Crippen molar-refractivity contribution < 1.29 is 19.1 Å². The molecule has 0 radical (unpaired) electrons. The Bertz CT molecular complexity index is 850. The number of piperazine rings is 1. The summed E-state index contributed by atoms with van der Waals surface area (Å²) < 4.78 is 10.3. The standard InChI is InChI=1S/C23H28N2O4/c1-4-24-12-13-25(22(26)16-28-2)21(23(24)27)14-17-8-10-18(11-9-17)19-6-5-7-20(15-19)29-3/h5-11,15,21H,4,12-14,16H2,1-3H3/t21-/m1/s1. The van der Waals surface area contributed by atoms with Crippen LogP contribution in [0.3, 0.4) is 0 Å². The molecule has 1 saturated heterocycles. The van der Waals surface area contributed by atoms with Crippen molar-refractivity contribution in [3.05, 3.63) is 54.1 Å². The van der Waals surface area contributed by atoms with Crippen molar-refractivity contribution in [2.75, 3.05) is 40.5 Å². The summed E-state index contributed by atoms with van der Waals surface area (Å²) in [4.78, 5) is 28.8. The minimum absolute atomic E-state index is 0.0000697. The lowest BCUT2D eigenvalue weighted by Gasteiger charge is -2.40. The topological polar surface area (TPSA) is 59.1 Å². The highest BCUT2D eigenvalue weighted by atomic mass is 16.5. The smallest absolute Gasteiger partial charge is 0.249 e. The van der Waals surface area contributed by atoms with Gasteiger partial charge in [0.1, 0.15) is 18.4 Å². The molecule has 1 fully saturated rings. The van der Waals surface area contributed by atoms with Crippen LogP contribution >= 0.6 is 0 Å². The number of hydrogen-bond acceptors (Lipinski definition) is 4. The molecule has 2 aromatic carbocycles. The summed E-state index contributed by atoms with van der Waals surface area (Å²) in [6, 6.07) is 15.5. The van der Waals surface area contributed by atoms with Gasteiger partial charge in [-0.2, -0.15) is 0 Å². The summed E-state index contributed by atoms with van der Waals surface area (Å²) in [5, 5.41) is 0. The van der Waals surface area contributed by atoms with E-state index in [1.54, 1.807) is 12.0 Å². The van der Waals surface area contributed by atoms with Crippen molar-refractivity contribution >= 4 is 11.8 Å². The maximum absolute atomic E-state index is 12.9. The second kappa shape index (κ2) is 9.56. The van der Waals surface area contributed by atoms with Crippen LogP contribution in [0.15, 0.2) is 48.5 Å². The molecule has 0 unspecified atom stereocenters. The lowest BCUT2D eigenvalue weighted by molar-refractivity contribution is -0.153. The van der Waals surface area contributed by atoms with Crippen molar-refractivity contribution in [2.24, 2.45) is 0 Å². The summed E-state index contributed by atoms with van der Waals surface area (Å²) in [6.45, 7) is 3.70. The molecule has 154 valence electrons. The fourth-order valence-corrected chi connectivity index (χ4v) is 3.71. The molecule has 29 heavy (non-hydrogen) atoms. The average molecular weight is 396 g/mol. The van der Waals surface area contributed by atoms with Gasteiger partial charge in [0.05, 0.1) is 7.11 Å². The first-order valence-corrected chi connectivity index (χ1v) is 9.88. The third-order valence-electron chi connectivity index (χ3n) is 5.34. The fourth-order valence-electron chi connectivity index (χ4n) is 3.71. The Kier molecular flexibility index (Phi) is 6.88. The van der Waals surface area contributed by atoms with Crippen LogP contribution < -0.4 is 4.74 Å². The lowest BCUT2D eigenvalue weighted by Crippen LogP contribution is -2.60. The number of rotatable bonds is 7. The number of carbonyl (C=O) groups excluding carboxylic acids is 2. The molecule has 1 atom stereocenters. The molecule has 1 heterocycles. The zero-order chi connectivity index (χ0) is 20.8. The molecule has 6 nitrogen and oxygen atoms in total. The van der Waals surface area contributed by atoms with E-state index >= 15 is 0 Å². The van der Waals surface area contributed by atoms with E-state index in [1.165, 1.54) is 7.11 Å². The Morgan fingerprint density at radius 1 is 1.07 bits per heavy atom. The zero-order valence-corrected chi connectivity index (χ0v) is 17.3. The van der Waals surface area contributed by atoms with Gasteiger partial charge >= 0.3 is 0 Å². The Balaban J connectivity index is 1.79. The molecule has 0 aliphatic carbocycles. The van der Waals surface area contributed by atoms with E-state index in [-0.39, 0.29) is 18.4 Å². The van der Waals surface area contributed by atoms with Gasteiger partial charge < -0.3 is 19.3 Å². The van der Waals surface area contributed by atoms with Crippen LogP contribution in [-0.2, 0) is 20.7 Å². The largest absolute Gasteiger partial charge is 0.497 e. The molecule has 2 aromatic rings. The molecule has 6 heteroatoms. The lowest BCUT2D eigenvalue weighted by atomic mass is 9.98. The molecule has 0 saturated carbocycles. The van der Waals surface area contributed by atoms with Crippen LogP contribution in [0.1, 0.15) is 12.5 Å². The van der Waals surface area contributed by atoms with Crippen molar-refractivity contribution in [2.45, 2.75) is 19.4 Å². The minimum atomic E-state index is -0.492. The SMILES string of the molecule is CCN1CCN(C(=O)COC)[C@H](Cc2ccc(-c3cccc(OC)c3)cc2)C1=O. The Labute approximate surface area is 172 Å². The van der Waals surface area contributed by atoms with Crippen molar-refractivity contribution in [1.82, 2.24) is 9.80 Å². The van der Waals surface area contributed by atoms with Crippen LogP contribution in [0, 0.1) is 0 Å². The Morgan fingerprint density at radius 3 is 2.48 bits per heavy atom. The van der Waals surface area contributed by atoms with E-state index in [9.17, 15) is 9.59 Å². The highest BCUT2D eigenvalue weighted by Crippen LogP contribution is 2.25. The van der Waals surface area contributed by atoms with Gasteiger partial charge in [-0.3, -0.25) is 9.59 Å². The molecule has 2 amide bonds. The van der Waals surface area contributed by atoms with E-state index in [0.717, 1.165) is 22.4 Å². The molecular formula is C23H28N2O4. The van der Waals surface area contributed by atoms with Gasteiger partial charge in [0.2, 0.25) is 11.8 Å². The van der Waals surface area contributed by atoms with Gasteiger partial charge in [0.15, 0.2) is 0 Å². The predicted octanol–water partition coefficient (Wildman–Crippen LogP) is 2.61. The Hall–Kier alpha value is -2.86. The fraction of sp³-hybridized carbons (Fsp3) is 0.391. The highest BCUT2D eigenvalue weighted by molar-refractivity contribution is 5.89. The molecule has 1 aliphatic heterocycles. The van der Waals surface area contributed by atoms with E-state index < -0.39 is 6.04 Å². The van der Waals surface area contributed by atoms with E-state index in [4.69, 9.17) is 9.47 Å². The zero-order valence-electron chi connectivity index (χ0n) is 17.3. The first-order valence-electron chi connectivity index (χ1n) is 9.88.